The van der Waals surface area contributed by atoms with Crippen LogP contribution in [-0.2, 0) is 5.41 Å². The van der Waals surface area contributed by atoms with Crippen LogP contribution in [0, 0.1) is 0 Å². The van der Waals surface area contributed by atoms with Crippen LogP contribution >= 0.6 is 24.0 Å². The smallest absolute Gasteiger partial charge is 0.269 e. The minimum atomic E-state index is -0.232. The van der Waals surface area contributed by atoms with Crippen molar-refractivity contribution >= 4 is 40.7 Å². The Kier molecular flexibility index (Phi) is 5.49. The molecule has 1 heterocycles. The molecule has 0 radical (unpaired) electrons. The molecule has 1 amide bonds. The second-order valence-electron chi connectivity index (χ2n) is 8.03. The van der Waals surface area contributed by atoms with Crippen LogP contribution < -0.4 is 16.2 Å². The topological polar surface area (TPSA) is 53.2 Å². The van der Waals surface area contributed by atoms with Crippen molar-refractivity contribution in [2.45, 2.75) is 49.2 Å². The standard InChI is InChI=1S/C21H25N3OS2/c1-20(2)13-21(3,4)27-17-11-10-15(12-16(17)20)22-19(26)24-23-18(25)14-8-6-5-7-9-14/h5-12H,13H2,1-4H3,(H,23,25)(H2,22,24,26). The van der Waals surface area contributed by atoms with Gasteiger partial charge in [0.1, 0.15) is 0 Å². The Morgan fingerprint density at radius 1 is 1.04 bits per heavy atom. The van der Waals surface area contributed by atoms with Crippen molar-refractivity contribution < 1.29 is 4.79 Å². The summed E-state index contributed by atoms with van der Waals surface area (Å²) >= 11 is 7.23. The molecule has 1 aliphatic rings. The largest absolute Gasteiger partial charge is 0.331 e. The number of thioether (sulfide) groups is 1. The molecule has 6 heteroatoms. The van der Waals surface area contributed by atoms with Crippen molar-refractivity contribution in [3.05, 3.63) is 59.7 Å². The first-order valence-electron chi connectivity index (χ1n) is 8.92. The number of anilines is 1. The third-order valence-electron chi connectivity index (χ3n) is 4.55. The van der Waals surface area contributed by atoms with Crippen LogP contribution in [0.3, 0.4) is 0 Å². The molecule has 0 aromatic heterocycles. The van der Waals surface area contributed by atoms with E-state index in [1.807, 2.05) is 36.0 Å². The molecule has 1 aliphatic heterocycles. The van der Waals surface area contributed by atoms with Gasteiger partial charge in [0.05, 0.1) is 0 Å². The fourth-order valence-electron chi connectivity index (χ4n) is 3.66. The van der Waals surface area contributed by atoms with Gasteiger partial charge in [0.15, 0.2) is 5.11 Å². The van der Waals surface area contributed by atoms with Crippen LogP contribution in [0.15, 0.2) is 53.4 Å². The fourth-order valence-corrected chi connectivity index (χ4v) is 5.43. The molecule has 3 N–H and O–H groups in total. The molecule has 0 atom stereocenters. The van der Waals surface area contributed by atoms with Crippen molar-refractivity contribution in [2.24, 2.45) is 0 Å². The lowest BCUT2D eigenvalue weighted by molar-refractivity contribution is 0.0944. The Labute approximate surface area is 170 Å². The highest BCUT2D eigenvalue weighted by Crippen LogP contribution is 2.51. The zero-order valence-corrected chi connectivity index (χ0v) is 17.7. The first kappa shape index (κ1) is 19.7. The predicted molar refractivity (Wildman–Crippen MR) is 117 cm³/mol. The molecule has 4 nitrogen and oxygen atoms in total. The average Bonchev–Trinajstić information content (AvgIpc) is 2.59. The highest BCUT2D eigenvalue weighted by molar-refractivity contribution is 8.00. The molecule has 0 aliphatic carbocycles. The lowest BCUT2D eigenvalue weighted by atomic mass is 9.77. The van der Waals surface area contributed by atoms with Crippen LogP contribution in [0.2, 0.25) is 0 Å². The Hall–Kier alpha value is -2.05. The molecular formula is C21H25N3OS2. The molecule has 0 saturated heterocycles. The number of carbonyl (C=O) groups excluding carboxylic acids is 1. The maximum absolute atomic E-state index is 12.1. The zero-order chi connectivity index (χ0) is 19.7. The summed E-state index contributed by atoms with van der Waals surface area (Å²) in [5, 5.41) is 3.50. The highest BCUT2D eigenvalue weighted by atomic mass is 32.2. The van der Waals surface area contributed by atoms with E-state index in [2.05, 4.69) is 56.0 Å². The lowest BCUT2D eigenvalue weighted by Crippen LogP contribution is -2.43. The van der Waals surface area contributed by atoms with Gasteiger partial charge in [-0.1, -0.05) is 45.9 Å². The van der Waals surface area contributed by atoms with E-state index in [-0.39, 0.29) is 16.1 Å². The molecule has 27 heavy (non-hydrogen) atoms. The quantitative estimate of drug-likeness (QED) is 0.497. The maximum Gasteiger partial charge on any atom is 0.269 e. The summed E-state index contributed by atoms with van der Waals surface area (Å²) in [5.41, 5.74) is 8.28. The maximum atomic E-state index is 12.1. The van der Waals surface area contributed by atoms with E-state index in [9.17, 15) is 4.79 Å². The number of benzene rings is 2. The van der Waals surface area contributed by atoms with Gasteiger partial charge in [-0.2, -0.15) is 0 Å². The van der Waals surface area contributed by atoms with Crippen LogP contribution in [0.4, 0.5) is 5.69 Å². The monoisotopic (exact) mass is 399 g/mol. The Morgan fingerprint density at radius 3 is 2.44 bits per heavy atom. The first-order chi connectivity index (χ1) is 12.7. The third-order valence-corrected chi connectivity index (χ3v) is 6.02. The van der Waals surface area contributed by atoms with Crippen LogP contribution in [0.1, 0.15) is 50.0 Å². The van der Waals surface area contributed by atoms with E-state index in [1.165, 1.54) is 10.5 Å². The minimum Gasteiger partial charge on any atom is -0.331 e. The summed E-state index contributed by atoms with van der Waals surface area (Å²) in [6.45, 7) is 9.16. The van der Waals surface area contributed by atoms with E-state index in [4.69, 9.17) is 12.2 Å². The molecule has 2 aromatic rings. The zero-order valence-electron chi connectivity index (χ0n) is 16.1. The Morgan fingerprint density at radius 2 is 1.74 bits per heavy atom. The molecule has 2 aromatic carbocycles. The number of hydrazine groups is 1. The van der Waals surface area contributed by atoms with Gasteiger partial charge in [0.2, 0.25) is 0 Å². The number of thiocarbonyl (C=S) groups is 1. The van der Waals surface area contributed by atoms with Gasteiger partial charge >= 0.3 is 0 Å². The van der Waals surface area contributed by atoms with Gasteiger partial charge in [-0.05, 0) is 59.9 Å². The van der Waals surface area contributed by atoms with E-state index in [1.54, 1.807) is 12.1 Å². The van der Waals surface area contributed by atoms with Crippen molar-refractivity contribution in [1.82, 2.24) is 10.9 Å². The Balaban J connectivity index is 1.65. The van der Waals surface area contributed by atoms with Crippen molar-refractivity contribution in [3.8, 4) is 0 Å². The number of hydrogen-bond donors (Lipinski definition) is 3. The molecule has 0 fully saturated rings. The SMILES string of the molecule is CC1(C)CC(C)(C)c2cc(NC(=S)NNC(=O)c3ccccc3)ccc2S1. The van der Waals surface area contributed by atoms with E-state index >= 15 is 0 Å². The molecule has 0 unspecified atom stereocenters. The van der Waals surface area contributed by atoms with Crippen LogP contribution in [-0.4, -0.2) is 15.8 Å². The fraction of sp³-hybridized carbons (Fsp3) is 0.333. The second kappa shape index (κ2) is 7.52. The van der Waals surface area contributed by atoms with Gasteiger partial charge < -0.3 is 5.32 Å². The summed E-state index contributed by atoms with van der Waals surface area (Å²) in [5.74, 6) is -0.232. The molecule has 3 rings (SSSR count). The lowest BCUT2D eigenvalue weighted by Gasteiger charge is -2.41. The predicted octanol–water partition coefficient (Wildman–Crippen LogP) is 4.87. The number of rotatable bonds is 2. The van der Waals surface area contributed by atoms with Gasteiger partial charge in [0.25, 0.3) is 5.91 Å². The third kappa shape index (κ3) is 4.82. The van der Waals surface area contributed by atoms with Crippen LogP contribution in [0.5, 0.6) is 0 Å². The average molecular weight is 400 g/mol. The van der Waals surface area contributed by atoms with Crippen molar-refractivity contribution in [3.63, 3.8) is 0 Å². The summed E-state index contributed by atoms with van der Waals surface area (Å²) in [7, 11) is 0. The number of hydrogen-bond acceptors (Lipinski definition) is 3. The minimum absolute atomic E-state index is 0.0956. The van der Waals surface area contributed by atoms with Crippen LogP contribution in [0.25, 0.3) is 0 Å². The first-order valence-corrected chi connectivity index (χ1v) is 10.1. The normalized spacial score (nSPS) is 16.7. The molecule has 0 saturated carbocycles. The number of amides is 1. The van der Waals surface area contributed by atoms with Crippen molar-refractivity contribution in [2.75, 3.05) is 5.32 Å². The van der Waals surface area contributed by atoms with Gasteiger partial charge in [-0.3, -0.25) is 15.6 Å². The summed E-state index contributed by atoms with van der Waals surface area (Å²) in [6.07, 6.45) is 1.11. The van der Waals surface area contributed by atoms with E-state index in [0.717, 1.165) is 12.1 Å². The molecule has 0 spiro atoms. The molecular weight excluding hydrogens is 374 g/mol. The number of carbonyl (C=O) groups is 1. The summed E-state index contributed by atoms with van der Waals surface area (Å²) in [6, 6.07) is 15.3. The van der Waals surface area contributed by atoms with E-state index < -0.39 is 0 Å². The number of nitrogens with one attached hydrogen (secondary N) is 3. The molecule has 0 bridgehead atoms. The summed E-state index contributed by atoms with van der Waals surface area (Å²) < 4.78 is 0.226. The summed E-state index contributed by atoms with van der Waals surface area (Å²) in [4.78, 5) is 13.4. The van der Waals surface area contributed by atoms with Gasteiger partial charge in [-0.25, -0.2) is 0 Å². The highest BCUT2D eigenvalue weighted by Gasteiger charge is 2.38. The van der Waals surface area contributed by atoms with E-state index in [0.29, 0.717) is 10.7 Å². The molecule has 142 valence electrons. The van der Waals surface area contributed by atoms with Gasteiger partial charge in [-0.15, -0.1) is 11.8 Å². The van der Waals surface area contributed by atoms with Crippen molar-refractivity contribution in [1.29, 1.82) is 0 Å². The second-order valence-corrected chi connectivity index (χ2v) is 10.2. The Bertz CT molecular complexity index is 863. The van der Waals surface area contributed by atoms with Gasteiger partial charge in [0, 0.05) is 20.9 Å². The number of fused-ring (bicyclic) bond motifs is 1.